The number of fused-ring (bicyclic) bond motifs is 3. The number of hydrogen-bond donors (Lipinski definition) is 1. The number of nitrogens with zero attached hydrogens (tertiary/aromatic N) is 10. The molecule has 0 unspecified atom stereocenters. The van der Waals surface area contributed by atoms with Gasteiger partial charge in [0.05, 0.1) is 53.6 Å². The van der Waals surface area contributed by atoms with Crippen LogP contribution in [0.25, 0.3) is 32.9 Å². The molecule has 3 aromatic carbocycles. The third-order valence-corrected chi connectivity index (χ3v) is 19.4. The molecule has 8 heterocycles. The van der Waals surface area contributed by atoms with Gasteiger partial charge >= 0.3 is 0 Å². The molecule has 498 valence electrons. The van der Waals surface area contributed by atoms with Crippen LogP contribution in [0.2, 0.25) is 0 Å². The van der Waals surface area contributed by atoms with Crippen molar-refractivity contribution in [2.45, 2.75) is 135 Å². The Morgan fingerprint density at radius 2 is 0.707 bits per heavy atom. The van der Waals surface area contributed by atoms with Gasteiger partial charge in [0.2, 0.25) is 0 Å². The first kappa shape index (κ1) is 68.6. The maximum Gasteiger partial charge on any atom is 0.175 e. The second-order valence-corrected chi connectivity index (χ2v) is 27.7. The maximum absolute atomic E-state index is 6.16. The lowest BCUT2D eigenvalue weighted by Crippen LogP contribution is -2.33. The van der Waals surface area contributed by atoms with Crippen LogP contribution in [0.4, 0.5) is 11.4 Å². The zero-order chi connectivity index (χ0) is 61.8. The minimum Gasteiger partial charge on any atom is -0.493 e. The summed E-state index contributed by atoms with van der Waals surface area (Å²) >= 11 is 0. The third kappa shape index (κ3) is 18.8. The summed E-state index contributed by atoms with van der Waals surface area (Å²) < 4.78 is 36.0. The highest BCUT2D eigenvalue weighted by Gasteiger charge is 2.29. The Morgan fingerprint density at radius 3 is 1.00 bits per heavy atom. The van der Waals surface area contributed by atoms with Gasteiger partial charge in [-0.25, -0.2) is 0 Å². The van der Waals surface area contributed by atoms with Crippen LogP contribution in [-0.4, -0.2) is 142 Å². The molecule has 1 N–H and O–H groups in total. The van der Waals surface area contributed by atoms with Gasteiger partial charge in [0.25, 0.3) is 0 Å². The van der Waals surface area contributed by atoms with Crippen molar-refractivity contribution in [1.29, 1.82) is 0 Å². The normalized spacial score (nSPS) is 17.4. The van der Waals surface area contributed by atoms with Crippen LogP contribution >= 0.6 is 24.8 Å². The second kappa shape index (κ2) is 33.3. The smallest absolute Gasteiger partial charge is 0.175 e. The Morgan fingerprint density at radius 1 is 0.402 bits per heavy atom. The van der Waals surface area contributed by atoms with Gasteiger partial charge in [-0.1, -0.05) is 15.5 Å². The van der Waals surface area contributed by atoms with Crippen molar-refractivity contribution in [2.75, 3.05) is 111 Å². The van der Waals surface area contributed by atoms with Crippen molar-refractivity contribution in [2.24, 2.45) is 35.5 Å². The van der Waals surface area contributed by atoms with E-state index in [1.807, 2.05) is 24.8 Å². The van der Waals surface area contributed by atoms with E-state index < -0.39 is 0 Å². The molecule has 0 atom stereocenters. The Bertz CT molecular complexity index is 3340. The molecule has 3 saturated heterocycles. The first-order valence-electron chi connectivity index (χ1n) is 34.1. The van der Waals surface area contributed by atoms with E-state index in [1.165, 1.54) is 94.8 Å². The van der Waals surface area contributed by atoms with E-state index in [-0.39, 0.29) is 24.8 Å². The first-order chi connectivity index (χ1) is 44.0. The fourth-order valence-corrected chi connectivity index (χ4v) is 13.4. The number of benzene rings is 3. The van der Waals surface area contributed by atoms with Crippen molar-refractivity contribution in [3.63, 3.8) is 0 Å². The number of pyridine rings is 2. The van der Waals surface area contributed by atoms with Crippen LogP contribution in [0.3, 0.4) is 0 Å². The minimum atomic E-state index is 0. The van der Waals surface area contributed by atoms with Gasteiger partial charge in [-0.2, -0.15) is 0 Å². The van der Waals surface area contributed by atoms with Gasteiger partial charge in [0.15, 0.2) is 16.7 Å². The van der Waals surface area contributed by atoms with Crippen LogP contribution in [-0.2, 0) is 38.9 Å². The van der Waals surface area contributed by atoms with Crippen LogP contribution in [0, 0.1) is 35.5 Å². The fourth-order valence-electron chi connectivity index (χ4n) is 13.4. The summed E-state index contributed by atoms with van der Waals surface area (Å²) in [6.45, 7) is 11.6. The lowest BCUT2D eigenvalue weighted by Gasteiger charge is -2.33. The summed E-state index contributed by atoms with van der Waals surface area (Å²) in [6.07, 6.45) is 29.2. The summed E-state index contributed by atoms with van der Waals surface area (Å²) in [6, 6.07) is 21.2. The molecule has 0 bridgehead atoms. The number of rotatable bonds is 26. The number of ether oxygens (including phenoxy) is 3. The molecule has 3 aliphatic carbocycles. The standard InChI is InChI=1S/2C26H34N4O2.C21H31N3O2.2ClH/c2*1-29(2)17-23-25(31-18-20-3-4-20)8-6-22-24(28-32-26(22)23)7-5-19-11-15-30(16-12-19)21-9-13-27-14-10-21;1-24(2)13-18-20(25-14-16-3-4-16)8-6-17-19(23-26-21(17)18)7-5-15-9-11-22-12-10-15;;/h2*6,8-10,13-14,19-20H,3-5,7,11-12,15-18H2,1-2H3;6,8,15-16,22H,3-5,7,9-14H2,1-2H3;2*1H. The molecule has 3 aliphatic heterocycles. The molecule has 0 spiro atoms. The predicted molar refractivity (Wildman–Crippen MR) is 372 cm³/mol. The van der Waals surface area contributed by atoms with Crippen LogP contribution in [0.5, 0.6) is 17.2 Å². The monoisotopic (exact) mass is 1300 g/mol. The number of piperidine rings is 3. The number of anilines is 2. The molecule has 92 heavy (non-hydrogen) atoms. The molecular formula is C73H101Cl2N11O6. The van der Waals surface area contributed by atoms with Gasteiger partial charge in [-0.3, -0.25) is 9.97 Å². The Hall–Kier alpha value is -6.21. The SMILES string of the molecule is CN(C)Cc1c(OCC2CC2)ccc2c(CCC3CCN(c4ccncc4)CC3)noc12.CN(C)Cc1c(OCC2CC2)ccc2c(CCC3CCN(c4ccncc4)CC3)noc12.CN(C)Cc1c(OCC2CC2)ccc2c(CCC3CCNCC3)noc12.Cl.Cl. The van der Waals surface area contributed by atoms with E-state index in [9.17, 15) is 0 Å². The highest BCUT2D eigenvalue weighted by molar-refractivity contribution is 5.87. The second-order valence-electron chi connectivity index (χ2n) is 27.7. The van der Waals surface area contributed by atoms with Gasteiger partial charge in [0, 0.05) is 98.1 Å². The maximum atomic E-state index is 6.16. The summed E-state index contributed by atoms with van der Waals surface area (Å²) in [5.74, 6) is 7.34. The number of aryl methyl sites for hydroxylation is 3. The van der Waals surface area contributed by atoms with Crippen molar-refractivity contribution in [1.82, 2.24) is 45.5 Å². The van der Waals surface area contributed by atoms with E-state index in [1.54, 1.807) is 0 Å². The zero-order valence-corrected chi connectivity index (χ0v) is 57.1. The van der Waals surface area contributed by atoms with Gasteiger partial charge in [-0.05, 0) is 267 Å². The Balaban J connectivity index is 0.000000151. The average Bonchev–Trinajstić information content (AvgIpc) is 1.67. The van der Waals surface area contributed by atoms with Gasteiger partial charge < -0.3 is 57.6 Å². The van der Waals surface area contributed by atoms with E-state index in [4.69, 9.17) is 27.8 Å². The highest BCUT2D eigenvalue weighted by atomic mass is 35.5. The predicted octanol–water partition coefficient (Wildman–Crippen LogP) is 14.3. The zero-order valence-electron chi connectivity index (χ0n) is 55.5. The number of aromatic nitrogens is 5. The summed E-state index contributed by atoms with van der Waals surface area (Å²) in [7, 11) is 12.5. The van der Waals surface area contributed by atoms with E-state index in [0.29, 0.717) is 0 Å². The number of nitrogens with one attached hydrogen (secondary N) is 1. The lowest BCUT2D eigenvalue weighted by molar-refractivity contribution is 0.289. The quantitative estimate of drug-likeness (QED) is 0.0545. The topological polar surface area (TPSA) is 160 Å². The Kier molecular flexibility index (Phi) is 24.8. The first-order valence-corrected chi connectivity index (χ1v) is 34.1. The molecule has 14 rings (SSSR count). The van der Waals surface area contributed by atoms with Gasteiger partial charge in [-0.15, -0.1) is 24.8 Å². The molecule has 17 nitrogen and oxygen atoms in total. The minimum absolute atomic E-state index is 0. The van der Waals surface area contributed by atoms with Crippen molar-refractivity contribution >= 4 is 69.1 Å². The molecule has 5 aromatic heterocycles. The van der Waals surface area contributed by atoms with Crippen LogP contribution in [0.15, 0.2) is 99.0 Å². The number of halogens is 2. The molecule has 19 heteroatoms. The average molecular weight is 1300 g/mol. The fraction of sp³-hybridized carbons (Fsp3) is 0.575. The molecule has 3 saturated carbocycles. The van der Waals surface area contributed by atoms with Crippen LogP contribution in [0.1, 0.15) is 130 Å². The van der Waals surface area contributed by atoms with Crippen molar-refractivity contribution in [3.05, 3.63) is 119 Å². The Labute approximate surface area is 557 Å². The summed E-state index contributed by atoms with van der Waals surface area (Å²) in [5, 5.41) is 20.3. The highest BCUT2D eigenvalue weighted by Crippen LogP contribution is 2.39. The molecule has 0 radical (unpaired) electrons. The van der Waals surface area contributed by atoms with Crippen molar-refractivity contribution < 1.29 is 27.8 Å². The van der Waals surface area contributed by atoms with E-state index >= 15 is 0 Å². The third-order valence-electron chi connectivity index (χ3n) is 19.4. The number of hydrogen-bond acceptors (Lipinski definition) is 17. The summed E-state index contributed by atoms with van der Waals surface area (Å²) in [5.41, 5.74) is 11.9. The molecular weight excluding hydrogens is 1200 g/mol. The lowest BCUT2D eigenvalue weighted by atomic mass is 9.91. The van der Waals surface area contributed by atoms with Gasteiger partial charge in [0.1, 0.15) is 17.2 Å². The molecule has 0 amide bonds. The molecule has 6 aliphatic rings. The molecule has 6 fully saturated rings. The van der Waals surface area contributed by atoms with Crippen LogP contribution < -0.4 is 29.3 Å². The van der Waals surface area contributed by atoms with Crippen molar-refractivity contribution in [3.8, 4) is 17.2 Å². The van der Waals surface area contributed by atoms with E-state index in [0.717, 1.165) is 230 Å². The summed E-state index contributed by atoms with van der Waals surface area (Å²) in [4.78, 5) is 19.7. The molecule has 8 aromatic rings. The van der Waals surface area contributed by atoms with E-state index in [2.05, 4.69) is 158 Å². The largest absolute Gasteiger partial charge is 0.493 e.